The molecule has 0 spiro atoms. The highest BCUT2D eigenvalue weighted by molar-refractivity contribution is 5.15. The first-order valence-electron chi connectivity index (χ1n) is 4.43. The molecule has 0 aromatic heterocycles. The van der Waals surface area contributed by atoms with E-state index in [2.05, 4.69) is 12.0 Å². The van der Waals surface area contributed by atoms with Gasteiger partial charge in [-0.25, -0.2) is 0 Å². The normalized spacial score (nSPS) is 9.36. The van der Waals surface area contributed by atoms with Crippen molar-refractivity contribution in [2.75, 3.05) is 13.1 Å². The van der Waals surface area contributed by atoms with Crippen molar-refractivity contribution in [1.29, 1.82) is 5.26 Å². The van der Waals surface area contributed by atoms with E-state index in [4.69, 9.17) is 11.7 Å². The molecule has 0 aliphatic rings. The summed E-state index contributed by atoms with van der Waals surface area (Å²) in [5, 5.41) is 8.58. The quantitative estimate of drug-likeness (QED) is 0.525. The van der Waals surface area contributed by atoms with Crippen molar-refractivity contribution in [3.05, 3.63) is 35.9 Å². The molecular weight excluding hydrogens is 172 g/mol. The van der Waals surface area contributed by atoms with E-state index in [1.165, 1.54) is 5.56 Å². The molecule has 0 bridgehead atoms. The maximum atomic E-state index is 8.58. The maximum absolute atomic E-state index is 8.58. The molecule has 14 heavy (non-hydrogen) atoms. The van der Waals surface area contributed by atoms with Crippen molar-refractivity contribution in [2.45, 2.75) is 6.54 Å². The maximum Gasteiger partial charge on any atom is 0.0876 e. The molecule has 0 saturated heterocycles. The second kappa shape index (κ2) is 5.80. The Balaban J connectivity index is 2.57. The molecule has 0 atom stereocenters. The minimum atomic E-state index is 0.374. The molecule has 0 radical (unpaired) electrons. The first-order chi connectivity index (χ1) is 6.86. The van der Waals surface area contributed by atoms with Gasteiger partial charge in [0.1, 0.15) is 0 Å². The average molecular weight is 184 g/mol. The summed E-state index contributed by atoms with van der Waals surface area (Å²) in [4.78, 5) is 1.93. The molecule has 2 nitrogen and oxygen atoms in total. The van der Waals surface area contributed by atoms with Crippen molar-refractivity contribution in [2.24, 2.45) is 0 Å². The molecule has 0 unspecified atom stereocenters. The summed E-state index contributed by atoms with van der Waals surface area (Å²) in [7, 11) is 0. The standard InChI is InChI=1S/C12H12N2/c1-2-9-14(10-8-13)11-12-6-4-3-5-7-12/h1,3-7H,9-11H2. The van der Waals surface area contributed by atoms with Gasteiger partial charge in [0, 0.05) is 6.54 Å². The van der Waals surface area contributed by atoms with E-state index in [-0.39, 0.29) is 0 Å². The molecule has 2 heteroatoms. The van der Waals surface area contributed by atoms with E-state index in [1.54, 1.807) is 0 Å². The molecule has 0 aliphatic heterocycles. The molecule has 0 heterocycles. The summed E-state index contributed by atoms with van der Waals surface area (Å²) >= 11 is 0. The van der Waals surface area contributed by atoms with Crippen LogP contribution in [-0.4, -0.2) is 18.0 Å². The van der Waals surface area contributed by atoms with Crippen LogP contribution in [0.1, 0.15) is 5.56 Å². The largest absolute Gasteiger partial charge is 0.275 e. The lowest BCUT2D eigenvalue weighted by Crippen LogP contribution is -2.23. The Labute approximate surface area is 84.8 Å². The summed E-state index contributed by atoms with van der Waals surface area (Å²) in [5.74, 6) is 2.55. The van der Waals surface area contributed by atoms with Crippen LogP contribution in [0.25, 0.3) is 0 Å². The summed E-state index contributed by atoms with van der Waals surface area (Å²) in [6, 6.07) is 12.1. The Hall–Kier alpha value is -1.77. The van der Waals surface area contributed by atoms with Gasteiger partial charge in [0.15, 0.2) is 0 Å². The highest BCUT2D eigenvalue weighted by Gasteiger charge is 2.02. The monoisotopic (exact) mass is 184 g/mol. The summed E-state index contributed by atoms with van der Waals surface area (Å²) in [6.45, 7) is 1.63. The van der Waals surface area contributed by atoms with Crippen LogP contribution < -0.4 is 0 Å². The molecule has 1 aromatic carbocycles. The SMILES string of the molecule is C#CCN(CC#N)Cc1ccccc1. The molecule has 70 valence electrons. The zero-order chi connectivity index (χ0) is 10.2. The molecule has 0 saturated carbocycles. The Bertz CT molecular complexity index is 327. The van der Waals surface area contributed by atoms with E-state index in [9.17, 15) is 0 Å². The number of terminal acetylenes is 1. The molecule has 1 rings (SSSR count). The second-order valence-electron chi connectivity index (χ2n) is 2.99. The summed E-state index contributed by atoms with van der Waals surface area (Å²) in [5.41, 5.74) is 1.18. The van der Waals surface area contributed by atoms with E-state index in [0.29, 0.717) is 13.1 Å². The molecule has 1 aromatic rings. The minimum Gasteiger partial charge on any atom is -0.275 e. The van der Waals surface area contributed by atoms with Crippen molar-refractivity contribution in [3.8, 4) is 18.4 Å². The number of nitrogens with zero attached hydrogens (tertiary/aromatic N) is 2. The van der Waals surface area contributed by atoms with Crippen LogP contribution in [0.3, 0.4) is 0 Å². The van der Waals surface area contributed by atoms with Crippen LogP contribution in [0.5, 0.6) is 0 Å². The third kappa shape index (κ3) is 3.31. The second-order valence-corrected chi connectivity index (χ2v) is 2.99. The predicted octanol–water partition coefficient (Wildman–Crippen LogP) is 1.65. The lowest BCUT2D eigenvalue weighted by Gasteiger charge is -2.15. The third-order valence-electron chi connectivity index (χ3n) is 1.86. The van der Waals surface area contributed by atoms with Gasteiger partial charge in [0.05, 0.1) is 19.2 Å². The fourth-order valence-corrected chi connectivity index (χ4v) is 1.24. The lowest BCUT2D eigenvalue weighted by atomic mass is 10.2. The van der Waals surface area contributed by atoms with Crippen molar-refractivity contribution < 1.29 is 0 Å². The van der Waals surface area contributed by atoms with Gasteiger partial charge in [-0.05, 0) is 5.56 Å². The van der Waals surface area contributed by atoms with Gasteiger partial charge in [-0.15, -0.1) is 6.42 Å². The molecular formula is C12H12N2. The highest BCUT2D eigenvalue weighted by Crippen LogP contribution is 2.02. The Kier molecular flexibility index (Phi) is 4.27. The molecule has 0 aliphatic carbocycles. The average Bonchev–Trinajstić information content (AvgIpc) is 2.20. The fourth-order valence-electron chi connectivity index (χ4n) is 1.24. The van der Waals surface area contributed by atoms with Crippen LogP contribution in [0.2, 0.25) is 0 Å². The van der Waals surface area contributed by atoms with Crippen molar-refractivity contribution in [3.63, 3.8) is 0 Å². The van der Waals surface area contributed by atoms with Gasteiger partial charge in [-0.3, -0.25) is 4.90 Å². The smallest absolute Gasteiger partial charge is 0.0876 e. The van der Waals surface area contributed by atoms with Gasteiger partial charge in [0.2, 0.25) is 0 Å². The van der Waals surface area contributed by atoms with Crippen LogP contribution in [-0.2, 0) is 6.54 Å². The fraction of sp³-hybridized carbons (Fsp3) is 0.250. The van der Waals surface area contributed by atoms with E-state index < -0.39 is 0 Å². The number of nitriles is 1. The number of hydrogen-bond donors (Lipinski definition) is 0. The van der Waals surface area contributed by atoms with Gasteiger partial charge < -0.3 is 0 Å². The third-order valence-corrected chi connectivity index (χ3v) is 1.86. The van der Waals surface area contributed by atoms with Crippen LogP contribution in [0.15, 0.2) is 30.3 Å². The first-order valence-corrected chi connectivity index (χ1v) is 4.43. The number of hydrogen-bond acceptors (Lipinski definition) is 2. The van der Waals surface area contributed by atoms with Crippen LogP contribution >= 0.6 is 0 Å². The number of rotatable bonds is 4. The van der Waals surface area contributed by atoms with Gasteiger partial charge >= 0.3 is 0 Å². The van der Waals surface area contributed by atoms with Crippen LogP contribution in [0, 0.1) is 23.7 Å². The van der Waals surface area contributed by atoms with E-state index in [0.717, 1.165) is 6.54 Å². The van der Waals surface area contributed by atoms with Gasteiger partial charge in [-0.1, -0.05) is 36.3 Å². The van der Waals surface area contributed by atoms with Gasteiger partial charge in [0.25, 0.3) is 0 Å². The van der Waals surface area contributed by atoms with E-state index >= 15 is 0 Å². The summed E-state index contributed by atoms with van der Waals surface area (Å²) < 4.78 is 0. The predicted molar refractivity (Wildman–Crippen MR) is 56.2 cm³/mol. The topological polar surface area (TPSA) is 27.0 Å². The Morgan fingerprint density at radius 1 is 1.21 bits per heavy atom. The van der Waals surface area contributed by atoms with Gasteiger partial charge in [-0.2, -0.15) is 5.26 Å². The molecule has 0 amide bonds. The highest BCUT2D eigenvalue weighted by atomic mass is 15.1. The zero-order valence-electron chi connectivity index (χ0n) is 7.98. The minimum absolute atomic E-state index is 0.374. The zero-order valence-corrected chi connectivity index (χ0v) is 7.98. The lowest BCUT2D eigenvalue weighted by molar-refractivity contribution is 0.336. The van der Waals surface area contributed by atoms with Crippen molar-refractivity contribution in [1.82, 2.24) is 4.90 Å². The molecule has 0 fully saturated rings. The number of benzene rings is 1. The molecule has 0 N–H and O–H groups in total. The van der Waals surface area contributed by atoms with E-state index in [1.807, 2.05) is 35.2 Å². The first kappa shape index (κ1) is 10.3. The van der Waals surface area contributed by atoms with Crippen LogP contribution in [0.4, 0.5) is 0 Å². The Morgan fingerprint density at radius 2 is 1.93 bits per heavy atom. The Morgan fingerprint density at radius 3 is 2.50 bits per heavy atom. The van der Waals surface area contributed by atoms with Crippen molar-refractivity contribution >= 4 is 0 Å². The summed E-state index contributed by atoms with van der Waals surface area (Å²) in [6.07, 6.45) is 5.21.